The van der Waals surface area contributed by atoms with Crippen LogP contribution in [0.1, 0.15) is 29.5 Å². The van der Waals surface area contributed by atoms with Crippen molar-refractivity contribution >= 4 is 29.4 Å². The van der Waals surface area contributed by atoms with E-state index in [1.54, 1.807) is 6.07 Å². The van der Waals surface area contributed by atoms with Gasteiger partial charge < -0.3 is 10.4 Å². The maximum absolute atomic E-state index is 13.7. The number of carboxylic acids is 1. The molecular formula is C25H25N3O5. The van der Waals surface area contributed by atoms with Gasteiger partial charge in [-0.05, 0) is 30.9 Å². The topological polar surface area (TPSA) is 116 Å². The van der Waals surface area contributed by atoms with Gasteiger partial charge in [0.1, 0.15) is 5.54 Å². The average Bonchev–Trinajstić information content (AvgIpc) is 3.38. The minimum atomic E-state index is -1.39. The third-order valence-corrected chi connectivity index (χ3v) is 7.19. The molecule has 4 atom stereocenters. The van der Waals surface area contributed by atoms with Crippen molar-refractivity contribution in [2.75, 3.05) is 11.9 Å². The number of nitrogens with one attached hydrogen (secondary N) is 2. The van der Waals surface area contributed by atoms with Crippen molar-refractivity contribution in [3.05, 3.63) is 65.2 Å². The van der Waals surface area contributed by atoms with Crippen LogP contribution in [0.2, 0.25) is 0 Å². The maximum Gasteiger partial charge on any atom is 0.303 e. The van der Waals surface area contributed by atoms with E-state index in [1.807, 2.05) is 49.4 Å². The minimum Gasteiger partial charge on any atom is -0.481 e. The van der Waals surface area contributed by atoms with Crippen LogP contribution in [0.3, 0.4) is 0 Å². The Bertz CT molecular complexity index is 1160. The zero-order valence-corrected chi connectivity index (χ0v) is 18.2. The Morgan fingerprint density at radius 3 is 2.55 bits per heavy atom. The standard InChI is InChI=1S/C25H25N3O5/c1-14-6-5-9-16-21(14)26-24(33)25(16)20-19(17(27-25)10-11-18(29)30)22(31)28(23(20)32)13-12-15-7-3-2-4-8-15/h2-9,17,19-20,27H,10-13H2,1H3,(H,26,33)(H,29,30)/t17-,19-,20-,25+/m1/s1. The van der Waals surface area contributed by atoms with Gasteiger partial charge in [-0.3, -0.25) is 29.4 Å². The molecule has 3 aliphatic heterocycles. The number of hydrogen-bond acceptors (Lipinski definition) is 5. The normalized spacial score (nSPS) is 27.7. The lowest BCUT2D eigenvalue weighted by atomic mass is 9.76. The van der Waals surface area contributed by atoms with Gasteiger partial charge in [-0.25, -0.2) is 0 Å². The van der Waals surface area contributed by atoms with Crippen molar-refractivity contribution < 1.29 is 24.3 Å². The molecule has 3 amide bonds. The summed E-state index contributed by atoms with van der Waals surface area (Å²) in [6.07, 6.45) is 0.503. The third kappa shape index (κ3) is 3.16. The number of rotatable bonds is 6. The molecule has 3 heterocycles. The molecule has 0 aliphatic carbocycles. The first-order chi connectivity index (χ1) is 15.8. The van der Waals surface area contributed by atoms with Crippen LogP contribution in [0, 0.1) is 18.8 Å². The number of imide groups is 1. The van der Waals surface area contributed by atoms with Gasteiger partial charge in [-0.2, -0.15) is 0 Å². The summed E-state index contributed by atoms with van der Waals surface area (Å²) in [6.45, 7) is 2.10. The van der Waals surface area contributed by atoms with Crippen molar-refractivity contribution in [1.82, 2.24) is 10.2 Å². The van der Waals surface area contributed by atoms with Crippen LogP contribution in [-0.4, -0.2) is 46.3 Å². The number of amides is 3. The van der Waals surface area contributed by atoms with E-state index < -0.39 is 29.4 Å². The SMILES string of the molecule is Cc1cccc2c1NC(=O)[C@]21N[C@H](CCC(=O)O)[C@H]2C(=O)N(CCc3ccccc3)C(=O)[C@@H]21. The second-order valence-corrected chi connectivity index (χ2v) is 9.01. The Balaban J connectivity index is 1.53. The number of aryl methyl sites for hydroxylation is 1. The second-order valence-electron chi connectivity index (χ2n) is 9.01. The highest BCUT2D eigenvalue weighted by Crippen LogP contribution is 2.54. The first-order valence-corrected chi connectivity index (χ1v) is 11.1. The molecular weight excluding hydrogens is 422 g/mol. The first-order valence-electron chi connectivity index (χ1n) is 11.1. The second kappa shape index (κ2) is 7.81. The van der Waals surface area contributed by atoms with Gasteiger partial charge in [-0.1, -0.05) is 48.5 Å². The van der Waals surface area contributed by atoms with E-state index in [-0.39, 0.29) is 37.1 Å². The van der Waals surface area contributed by atoms with Crippen LogP contribution in [0.4, 0.5) is 5.69 Å². The molecule has 0 bridgehead atoms. The number of carbonyl (C=O) groups excluding carboxylic acids is 3. The summed E-state index contributed by atoms with van der Waals surface area (Å²) in [5.41, 5.74) is 1.78. The quantitative estimate of drug-likeness (QED) is 0.582. The van der Waals surface area contributed by atoms with E-state index >= 15 is 0 Å². The summed E-state index contributed by atoms with van der Waals surface area (Å²) < 4.78 is 0. The fourth-order valence-electron chi connectivity index (χ4n) is 5.67. The lowest BCUT2D eigenvalue weighted by Gasteiger charge is -2.29. The molecule has 3 N–H and O–H groups in total. The van der Waals surface area contributed by atoms with Gasteiger partial charge >= 0.3 is 5.97 Å². The van der Waals surface area contributed by atoms with E-state index in [1.165, 1.54) is 4.90 Å². The van der Waals surface area contributed by atoms with Crippen LogP contribution in [0.25, 0.3) is 0 Å². The van der Waals surface area contributed by atoms with Gasteiger partial charge in [0.25, 0.3) is 0 Å². The van der Waals surface area contributed by atoms with Crippen LogP contribution < -0.4 is 10.6 Å². The Hall–Kier alpha value is -3.52. The monoisotopic (exact) mass is 447 g/mol. The van der Waals surface area contributed by atoms with Crippen molar-refractivity contribution in [2.24, 2.45) is 11.8 Å². The molecule has 0 radical (unpaired) electrons. The summed E-state index contributed by atoms with van der Waals surface area (Å²) in [4.78, 5) is 53.1. The van der Waals surface area contributed by atoms with Crippen LogP contribution in [0.5, 0.6) is 0 Å². The van der Waals surface area contributed by atoms with E-state index in [4.69, 9.17) is 0 Å². The molecule has 2 aromatic carbocycles. The summed E-state index contributed by atoms with van der Waals surface area (Å²) in [7, 11) is 0. The smallest absolute Gasteiger partial charge is 0.303 e. The number of benzene rings is 2. The molecule has 8 heteroatoms. The molecule has 0 unspecified atom stereocenters. The van der Waals surface area contributed by atoms with Crippen molar-refractivity contribution in [3.63, 3.8) is 0 Å². The predicted molar refractivity (Wildman–Crippen MR) is 119 cm³/mol. The number of aliphatic carboxylic acids is 1. The summed E-state index contributed by atoms with van der Waals surface area (Å²) in [5, 5.41) is 15.4. The fourth-order valence-corrected chi connectivity index (χ4v) is 5.67. The molecule has 170 valence electrons. The van der Waals surface area contributed by atoms with Crippen molar-refractivity contribution in [3.8, 4) is 0 Å². The molecule has 8 nitrogen and oxygen atoms in total. The van der Waals surface area contributed by atoms with Gasteiger partial charge in [0.05, 0.1) is 11.8 Å². The molecule has 5 rings (SSSR count). The molecule has 1 spiro atoms. The highest BCUT2D eigenvalue weighted by molar-refractivity contribution is 6.15. The van der Waals surface area contributed by atoms with Crippen LogP contribution in [0.15, 0.2) is 48.5 Å². The zero-order valence-electron chi connectivity index (χ0n) is 18.2. The summed E-state index contributed by atoms with van der Waals surface area (Å²) in [6, 6.07) is 14.5. The molecule has 0 aromatic heterocycles. The van der Waals surface area contributed by atoms with E-state index in [2.05, 4.69) is 10.6 Å². The Labute approximate surface area is 191 Å². The molecule has 0 saturated carbocycles. The minimum absolute atomic E-state index is 0.151. The van der Waals surface area contributed by atoms with E-state index in [9.17, 15) is 24.3 Å². The number of anilines is 1. The van der Waals surface area contributed by atoms with Gasteiger partial charge in [-0.15, -0.1) is 0 Å². The summed E-state index contributed by atoms with van der Waals surface area (Å²) >= 11 is 0. The van der Waals surface area contributed by atoms with E-state index in [0.29, 0.717) is 17.7 Å². The number of hydrogen-bond donors (Lipinski definition) is 3. The number of carboxylic acid groups (broad SMARTS) is 1. The lowest BCUT2D eigenvalue weighted by molar-refractivity contribution is -0.143. The largest absolute Gasteiger partial charge is 0.481 e. The van der Waals surface area contributed by atoms with Crippen molar-refractivity contribution in [1.29, 1.82) is 0 Å². The van der Waals surface area contributed by atoms with Crippen molar-refractivity contribution in [2.45, 2.75) is 37.8 Å². The highest BCUT2D eigenvalue weighted by atomic mass is 16.4. The molecule has 3 aliphatic rings. The molecule has 2 aromatic rings. The van der Waals surface area contributed by atoms with Gasteiger partial charge in [0.15, 0.2) is 0 Å². The van der Waals surface area contributed by atoms with Crippen LogP contribution in [-0.2, 0) is 31.1 Å². The number of fused-ring (bicyclic) bond motifs is 4. The molecule has 2 fully saturated rings. The first kappa shape index (κ1) is 21.3. The number of likely N-dealkylation sites (tertiary alicyclic amines) is 1. The van der Waals surface area contributed by atoms with Gasteiger partial charge in [0.2, 0.25) is 17.7 Å². The van der Waals surface area contributed by atoms with E-state index in [0.717, 1.165) is 11.1 Å². The Morgan fingerprint density at radius 2 is 1.82 bits per heavy atom. The third-order valence-electron chi connectivity index (χ3n) is 7.19. The lowest BCUT2D eigenvalue weighted by Crippen LogP contribution is -2.53. The number of para-hydroxylation sites is 1. The highest BCUT2D eigenvalue weighted by Gasteiger charge is 2.70. The maximum atomic E-state index is 13.7. The number of nitrogens with zero attached hydrogens (tertiary/aromatic N) is 1. The molecule has 33 heavy (non-hydrogen) atoms. The van der Waals surface area contributed by atoms with Gasteiger partial charge in [0, 0.05) is 30.3 Å². The Kier molecular flexibility index (Phi) is 5.05. The predicted octanol–water partition coefficient (Wildman–Crippen LogP) is 1.82. The average molecular weight is 447 g/mol. The van der Waals surface area contributed by atoms with Crippen LogP contribution >= 0.6 is 0 Å². The Morgan fingerprint density at radius 1 is 1.06 bits per heavy atom. The summed E-state index contributed by atoms with van der Waals surface area (Å²) in [5.74, 6) is -3.78. The fraction of sp³-hybridized carbons (Fsp3) is 0.360. The number of carbonyl (C=O) groups is 4. The molecule has 2 saturated heterocycles. The zero-order chi connectivity index (χ0) is 23.3.